The number of thioether (sulfide) groups is 1. The summed E-state index contributed by atoms with van der Waals surface area (Å²) in [5.74, 6) is -0.575. The van der Waals surface area contributed by atoms with Crippen molar-refractivity contribution in [2.45, 2.75) is 67.5 Å². The van der Waals surface area contributed by atoms with E-state index in [0.717, 1.165) is 22.1 Å². The fourth-order valence-electron chi connectivity index (χ4n) is 3.80. The van der Waals surface area contributed by atoms with Gasteiger partial charge in [0, 0.05) is 22.9 Å². The largest absolute Gasteiger partial charge is 0.394 e. The molecule has 1 aromatic carbocycles. The smallest absolute Gasteiger partial charge is 0.236 e. The van der Waals surface area contributed by atoms with Crippen molar-refractivity contribution in [3.8, 4) is 0 Å². The number of carbonyl (C=O) groups is 1. The zero-order valence-electron chi connectivity index (χ0n) is 18.9. The van der Waals surface area contributed by atoms with E-state index in [2.05, 4.69) is 41.5 Å². The van der Waals surface area contributed by atoms with Crippen molar-refractivity contribution in [3.05, 3.63) is 40.9 Å². The van der Waals surface area contributed by atoms with Gasteiger partial charge in [0.05, 0.1) is 49.4 Å². The van der Waals surface area contributed by atoms with E-state index in [-0.39, 0.29) is 31.3 Å². The molecule has 33 heavy (non-hydrogen) atoms. The number of thiazole rings is 1. The van der Waals surface area contributed by atoms with Gasteiger partial charge in [0.15, 0.2) is 5.13 Å². The lowest BCUT2D eigenvalue weighted by atomic mass is 9.90. The molecule has 0 spiro atoms. The Morgan fingerprint density at radius 1 is 1.33 bits per heavy atom. The topological polar surface area (TPSA) is 89.9 Å². The van der Waals surface area contributed by atoms with Gasteiger partial charge in [0.2, 0.25) is 5.91 Å². The van der Waals surface area contributed by atoms with Crippen molar-refractivity contribution in [2.75, 3.05) is 31.7 Å². The number of anilines is 1. The van der Waals surface area contributed by atoms with Crippen molar-refractivity contribution in [3.63, 3.8) is 0 Å². The van der Waals surface area contributed by atoms with Crippen LogP contribution in [-0.4, -0.2) is 59.9 Å². The second kappa shape index (κ2) is 12.3. The maximum absolute atomic E-state index is 13.5. The molecule has 180 valence electrons. The summed E-state index contributed by atoms with van der Waals surface area (Å²) < 4.78 is 17.2. The van der Waals surface area contributed by atoms with E-state index >= 15 is 0 Å². The zero-order valence-corrected chi connectivity index (χ0v) is 20.5. The van der Waals surface area contributed by atoms with Gasteiger partial charge in [0.25, 0.3) is 0 Å². The van der Waals surface area contributed by atoms with Gasteiger partial charge in [-0.3, -0.25) is 4.79 Å². The molecule has 1 aliphatic heterocycles. The molecule has 0 radical (unpaired) electrons. The SMILES string of the molecule is CCC(O[C@@H]1CCOC1)C(C(=O)Nc1ncc(COCCO)s1)c1ccc(SC2CC2)cc1. The number of hydrogen-bond donors (Lipinski definition) is 2. The van der Waals surface area contributed by atoms with Crippen LogP contribution < -0.4 is 5.32 Å². The van der Waals surface area contributed by atoms with Crippen LogP contribution in [0.15, 0.2) is 35.4 Å². The second-order valence-electron chi connectivity index (χ2n) is 8.33. The summed E-state index contributed by atoms with van der Waals surface area (Å²) in [7, 11) is 0. The number of benzene rings is 1. The predicted octanol–water partition coefficient (Wildman–Crippen LogP) is 4.21. The molecule has 0 bridgehead atoms. The van der Waals surface area contributed by atoms with Crippen LogP contribution in [0, 0.1) is 0 Å². The normalized spacial score (nSPS) is 20.0. The fraction of sp³-hybridized carbons (Fsp3) is 0.583. The first-order chi connectivity index (χ1) is 16.2. The molecule has 1 saturated carbocycles. The molecule has 7 nitrogen and oxygen atoms in total. The number of rotatable bonds is 13. The molecule has 4 rings (SSSR count). The molecule has 2 unspecified atom stereocenters. The third-order valence-corrected chi connectivity index (χ3v) is 7.88. The maximum Gasteiger partial charge on any atom is 0.236 e. The van der Waals surface area contributed by atoms with Crippen LogP contribution in [0.2, 0.25) is 0 Å². The fourth-order valence-corrected chi connectivity index (χ4v) is 5.60. The summed E-state index contributed by atoms with van der Waals surface area (Å²) in [4.78, 5) is 20.0. The minimum absolute atomic E-state index is 0.0186. The average Bonchev–Trinajstić information content (AvgIpc) is 3.28. The number of carbonyl (C=O) groups excluding carboxylic acids is 1. The molecule has 1 aromatic heterocycles. The average molecular weight is 493 g/mol. The van der Waals surface area contributed by atoms with Gasteiger partial charge >= 0.3 is 0 Å². The van der Waals surface area contributed by atoms with E-state index in [0.29, 0.717) is 31.4 Å². The first-order valence-electron chi connectivity index (χ1n) is 11.6. The Morgan fingerprint density at radius 3 is 2.82 bits per heavy atom. The molecule has 2 aliphatic rings. The van der Waals surface area contributed by atoms with Gasteiger partial charge in [-0.1, -0.05) is 30.4 Å². The minimum atomic E-state index is -0.450. The third-order valence-electron chi connectivity index (χ3n) is 5.64. The number of aliphatic hydroxyl groups is 1. The maximum atomic E-state index is 13.5. The molecule has 2 heterocycles. The minimum Gasteiger partial charge on any atom is -0.394 e. The number of nitrogens with zero attached hydrogens (tertiary/aromatic N) is 1. The van der Waals surface area contributed by atoms with E-state index in [1.165, 1.54) is 29.1 Å². The Kier molecular flexibility index (Phi) is 9.17. The van der Waals surface area contributed by atoms with Crippen molar-refractivity contribution in [1.29, 1.82) is 0 Å². The van der Waals surface area contributed by atoms with Gasteiger partial charge in [-0.25, -0.2) is 4.98 Å². The highest BCUT2D eigenvalue weighted by Gasteiger charge is 2.33. The second-order valence-corrected chi connectivity index (χ2v) is 10.8. The number of amides is 1. The number of aliphatic hydroxyl groups excluding tert-OH is 1. The Bertz CT molecular complexity index is 881. The van der Waals surface area contributed by atoms with Crippen molar-refractivity contribution in [2.24, 2.45) is 0 Å². The molecule has 3 atom stereocenters. The van der Waals surface area contributed by atoms with Crippen LogP contribution in [0.3, 0.4) is 0 Å². The Morgan fingerprint density at radius 2 is 2.15 bits per heavy atom. The van der Waals surface area contributed by atoms with E-state index in [9.17, 15) is 4.79 Å². The first-order valence-corrected chi connectivity index (χ1v) is 13.3. The molecule has 2 N–H and O–H groups in total. The van der Waals surface area contributed by atoms with Gasteiger partial charge in [-0.05, 0) is 43.4 Å². The van der Waals surface area contributed by atoms with Crippen LogP contribution in [-0.2, 0) is 25.6 Å². The van der Waals surface area contributed by atoms with Gasteiger partial charge in [-0.15, -0.1) is 11.8 Å². The monoisotopic (exact) mass is 492 g/mol. The highest BCUT2D eigenvalue weighted by Crippen LogP contribution is 2.39. The van der Waals surface area contributed by atoms with Crippen LogP contribution >= 0.6 is 23.1 Å². The molecule has 9 heteroatoms. The summed E-state index contributed by atoms with van der Waals surface area (Å²) >= 11 is 3.29. The van der Waals surface area contributed by atoms with Crippen molar-refractivity contribution in [1.82, 2.24) is 4.98 Å². The van der Waals surface area contributed by atoms with E-state index < -0.39 is 5.92 Å². The summed E-state index contributed by atoms with van der Waals surface area (Å²) in [5, 5.41) is 13.1. The Balaban J connectivity index is 1.48. The van der Waals surface area contributed by atoms with Gasteiger partial charge < -0.3 is 24.6 Å². The first kappa shape index (κ1) is 24.6. The van der Waals surface area contributed by atoms with Crippen molar-refractivity contribution >= 4 is 34.1 Å². The molecule has 1 aliphatic carbocycles. The molecule has 1 saturated heterocycles. The summed E-state index contributed by atoms with van der Waals surface area (Å²) in [5.41, 5.74) is 0.946. The molecular weight excluding hydrogens is 460 g/mol. The van der Waals surface area contributed by atoms with Crippen LogP contribution in [0.1, 0.15) is 49.0 Å². The lowest BCUT2D eigenvalue weighted by molar-refractivity contribution is -0.123. The number of hydrogen-bond acceptors (Lipinski definition) is 8. The van der Waals surface area contributed by atoms with Crippen LogP contribution in [0.5, 0.6) is 0 Å². The molecule has 2 fully saturated rings. The number of ether oxygens (including phenoxy) is 3. The number of aromatic nitrogens is 1. The lowest BCUT2D eigenvalue weighted by Gasteiger charge is -2.28. The van der Waals surface area contributed by atoms with Crippen LogP contribution in [0.25, 0.3) is 0 Å². The van der Waals surface area contributed by atoms with Crippen LogP contribution in [0.4, 0.5) is 5.13 Å². The quantitative estimate of drug-likeness (QED) is 0.405. The summed E-state index contributed by atoms with van der Waals surface area (Å²) in [6.07, 6.45) is 5.59. The van der Waals surface area contributed by atoms with E-state index in [1.54, 1.807) is 6.20 Å². The van der Waals surface area contributed by atoms with E-state index in [1.807, 2.05) is 11.8 Å². The third kappa shape index (κ3) is 7.24. The summed E-state index contributed by atoms with van der Waals surface area (Å²) in [6, 6.07) is 8.35. The summed E-state index contributed by atoms with van der Waals surface area (Å²) in [6.45, 7) is 3.94. The highest BCUT2D eigenvalue weighted by molar-refractivity contribution is 8.00. The highest BCUT2D eigenvalue weighted by atomic mass is 32.2. The molecule has 2 aromatic rings. The van der Waals surface area contributed by atoms with Gasteiger partial charge in [0.1, 0.15) is 0 Å². The molecular formula is C24H32N2O5S2. The standard InChI is InChI=1S/C24H32N2O5S2/c1-2-21(31-17-9-11-29-14-17)22(16-3-5-18(6-4-16)32-19-7-8-19)23(28)26-24-25-13-20(33-24)15-30-12-10-27/h3-6,13,17,19,21-22,27H,2,7-12,14-15H2,1H3,(H,25,26,28)/t17-,21?,22?/m1/s1. The zero-order chi connectivity index (χ0) is 23.0. The molecule has 1 amide bonds. The lowest BCUT2D eigenvalue weighted by Crippen LogP contribution is -2.35. The number of nitrogens with one attached hydrogen (secondary N) is 1. The predicted molar refractivity (Wildman–Crippen MR) is 130 cm³/mol. The van der Waals surface area contributed by atoms with Crippen molar-refractivity contribution < 1.29 is 24.1 Å². The Labute approximate surface area is 203 Å². The Hall–Kier alpha value is -1.49. The van der Waals surface area contributed by atoms with E-state index in [4.69, 9.17) is 19.3 Å². The van der Waals surface area contributed by atoms with Gasteiger partial charge in [-0.2, -0.15) is 0 Å².